The molecule has 0 atom stereocenters. The molecule has 0 fully saturated rings. The fourth-order valence-electron chi connectivity index (χ4n) is 2.38. The zero-order valence-electron chi connectivity index (χ0n) is 11.7. The highest BCUT2D eigenvalue weighted by Crippen LogP contribution is 2.21. The third kappa shape index (κ3) is 3.35. The van der Waals surface area contributed by atoms with E-state index in [1.165, 1.54) is 11.1 Å². The molecule has 4 heteroatoms. The van der Waals surface area contributed by atoms with Crippen molar-refractivity contribution in [2.45, 2.75) is 6.42 Å². The zero-order chi connectivity index (χ0) is 14.5. The number of rotatable bonds is 3. The highest BCUT2D eigenvalue weighted by atomic mass is 16.2. The number of amides is 1. The van der Waals surface area contributed by atoms with Crippen molar-refractivity contribution in [3.8, 4) is 0 Å². The Balaban J connectivity index is 1.61. The van der Waals surface area contributed by atoms with E-state index in [0.29, 0.717) is 12.2 Å². The van der Waals surface area contributed by atoms with E-state index in [-0.39, 0.29) is 5.91 Å². The summed E-state index contributed by atoms with van der Waals surface area (Å²) in [5.74, 6) is -0.160. The summed E-state index contributed by atoms with van der Waals surface area (Å²) in [6.07, 6.45) is 4.71. The van der Waals surface area contributed by atoms with Gasteiger partial charge in [0.15, 0.2) is 0 Å². The van der Waals surface area contributed by atoms with Crippen LogP contribution in [0.15, 0.2) is 60.8 Å². The molecule has 0 saturated heterocycles. The Morgan fingerprint density at radius 1 is 1.10 bits per heavy atom. The average molecular weight is 279 g/mol. The summed E-state index contributed by atoms with van der Waals surface area (Å²) in [6.45, 7) is 1.52. The van der Waals surface area contributed by atoms with Crippen molar-refractivity contribution >= 4 is 11.5 Å². The number of hydrazine groups is 1. The number of benzene rings is 1. The lowest BCUT2D eigenvalue weighted by Gasteiger charge is -2.26. The molecular formula is C17H17N3O. The van der Waals surface area contributed by atoms with E-state index in [9.17, 15) is 4.79 Å². The first-order valence-electron chi connectivity index (χ1n) is 7.04. The van der Waals surface area contributed by atoms with E-state index in [4.69, 9.17) is 0 Å². The number of aromatic nitrogens is 1. The molecule has 0 radical (unpaired) electrons. The van der Waals surface area contributed by atoms with Gasteiger partial charge in [-0.3, -0.25) is 15.2 Å². The molecule has 106 valence electrons. The first-order chi connectivity index (χ1) is 10.3. The van der Waals surface area contributed by atoms with Crippen LogP contribution in [0.25, 0.3) is 5.57 Å². The molecule has 1 amide bonds. The zero-order valence-corrected chi connectivity index (χ0v) is 11.7. The normalized spacial score (nSPS) is 15.3. The van der Waals surface area contributed by atoms with Crippen LogP contribution in [0.1, 0.15) is 22.5 Å². The number of hydrogen-bond donors (Lipinski definition) is 1. The predicted octanol–water partition coefficient (Wildman–Crippen LogP) is 2.52. The number of carbonyl (C=O) groups is 1. The van der Waals surface area contributed by atoms with Gasteiger partial charge in [-0.1, -0.05) is 42.5 Å². The van der Waals surface area contributed by atoms with Crippen LogP contribution in [0.5, 0.6) is 0 Å². The van der Waals surface area contributed by atoms with E-state index in [1.807, 2.05) is 29.3 Å². The second-order valence-corrected chi connectivity index (χ2v) is 4.95. The van der Waals surface area contributed by atoms with Crippen molar-refractivity contribution in [3.05, 3.63) is 72.1 Å². The molecule has 2 aromatic rings. The van der Waals surface area contributed by atoms with Gasteiger partial charge in [-0.15, -0.1) is 0 Å². The lowest BCUT2D eigenvalue weighted by molar-refractivity contribution is 0.0800. The Hall–Kier alpha value is -2.46. The molecule has 21 heavy (non-hydrogen) atoms. The smallest absolute Gasteiger partial charge is 0.283 e. The molecule has 3 rings (SSSR count). The van der Waals surface area contributed by atoms with E-state index in [1.54, 1.807) is 18.3 Å². The third-order valence-electron chi connectivity index (χ3n) is 3.51. The lowest BCUT2D eigenvalue weighted by Crippen LogP contribution is -2.44. The number of nitrogens with zero attached hydrogens (tertiary/aromatic N) is 2. The van der Waals surface area contributed by atoms with Crippen LogP contribution in [0, 0.1) is 0 Å². The van der Waals surface area contributed by atoms with Crippen LogP contribution in [0.3, 0.4) is 0 Å². The van der Waals surface area contributed by atoms with Gasteiger partial charge in [0.25, 0.3) is 5.91 Å². The number of hydrogen-bond acceptors (Lipinski definition) is 3. The van der Waals surface area contributed by atoms with Crippen molar-refractivity contribution in [1.29, 1.82) is 0 Å². The summed E-state index contributed by atoms with van der Waals surface area (Å²) in [4.78, 5) is 16.1. The van der Waals surface area contributed by atoms with Gasteiger partial charge in [0, 0.05) is 19.3 Å². The van der Waals surface area contributed by atoms with Gasteiger partial charge >= 0.3 is 0 Å². The van der Waals surface area contributed by atoms with Gasteiger partial charge in [0.05, 0.1) is 0 Å². The maximum absolute atomic E-state index is 12.0. The fraction of sp³-hybridized carbons (Fsp3) is 0.176. The highest BCUT2D eigenvalue weighted by Gasteiger charge is 2.15. The molecule has 0 spiro atoms. The van der Waals surface area contributed by atoms with Gasteiger partial charge in [0.1, 0.15) is 5.69 Å². The third-order valence-corrected chi connectivity index (χ3v) is 3.51. The monoisotopic (exact) mass is 279 g/mol. The van der Waals surface area contributed by atoms with Crippen molar-refractivity contribution in [2.75, 3.05) is 13.1 Å². The Morgan fingerprint density at radius 2 is 1.90 bits per heavy atom. The Morgan fingerprint density at radius 3 is 2.57 bits per heavy atom. The minimum absolute atomic E-state index is 0.160. The van der Waals surface area contributed by atoms with Crippen LogP contribution in [-0.2, 0) is 0 Å². The fourth-order valence-corrected chi connectivity index (χ4v) is 2.38. The van der Waals surface area contributed by atoms with Gasteiger partial charge < -0.3 is 0 Å². The summed E-state index contributed by atoms with van der Waals surface area (Å²) in [6, 6.07) is 15.7. The van der Waals surface area contributed by atoms with Gasteiger partial charge in [-0.2, -0.15) is 0 Å². The molecule has 0 saturated carbocycles. The van der Waals surface area contributed by atoms with Gasteiger partial charge in [-0.05, 0) is 29.7 Å². The second kappa shape index (κ2) is 6.33. The maximum Gasteiger partial charge on any atom is 0.284 e. The minimum Gasteiger partial charge on any atom is -0.283 e. The van der Waals surface area contributed by atoms with Crippen LogP contribution >= 0.6 is 0 Å². The van der Waals surface area contributed by atoms with E-state index in [2.05, 4.69) is 28.6 Å². The Bertz CT molecular complexity index is 638. The quantitative estimate of drug-likeness (QED) is 0.939. The van der Waals surface area contributed by atoms with Crippen LogP contribution in [0.4, 0.5) is 0 Å². The molecule has 0 bridgehead atoms. The molecule has 4 nitrogen and oxygen atoms in total. The molecule has 1 aromatic heterocycles. The van der Waals surface area contributed by atoms with E-state index in [0.717, 1.165) is 13.0 Å². The SMILES string of the molecule is O=C(NN1CC=C(c2ccccc2)CC1)c1ccccn1. The second-order valence-electron chi connectivity index (χ2n) is 4.95. The summed E-state index contributed by atoms with van der Waals surface area (Å²) >= 11 is 0. The van der Waals surface area contributed by atoms with E-state index < -0.39 is 0 Å². The Labute approximate surface area is 124 Å². The highest BCUT2D eigenvalue weighted by molar-refractivity contribution is 5.91. The van der Waals surface area contributed by atoms with Crippen molar-refractivity contribution in [2.24, 2.45) is 0 Å². The topological polar surface area (TPSA) is 45.2 Å². The van der Waals surface area contributed by atoms with Crippen molar-refractivity contribution in [3.63, 3.8) is 0 Å². The van der Waals surface area contributed by atoms with Crippen LogP contribution < -0.4 is 5.43 Å². The molecule has 1 aliphatic heterocycles. The first-order valence-corrected chi connectivity index (χ1v) is 7.04. The molecule has 2 heterocycles. The molecule has 0 aliphatic carbocycles. The maximum atomic E-state index is 12.0. The van der Waals surface area contributed by atoms with Crippen LogP contribution in [0.2, 0.25) is 0 Å². The summed E-state index contributed by atoms with van der Waals surface area (Å²) in [5, 5.41) is 1.92. The average Bonchev–Trinajstić information content (AvgIpc) is 2.57. The molecular weight excluding hydrogens is 262 g/mol. The van der Waals surface area contributed by atoms with E-state index >= 15 is 0 Å². The lowest BCUT2D eigenvalue weighted by atomic mass is 10.0. The molecule has 0 unspecified atom stereocenters. The Kier molecular flexibility index (Phi) is 4.07. The van der Waals surface area contributed by atoms with Gasteiger partial charge in [0.2, 0.25) is 0 Å². The largest absolute Gasteiger partial charge is 0.284 e. The van der Waals surface area contributed by atoms with Crippen LogP contribution in [-0.4, -0.2) is 29.0 Å². The van der Waals surface area contributed by atoms with Gasteiger partial charge in [-0.25, -0.2) is 5.01 Å². The number of pyridine rings is 1. The molecule has 1 aliphatic rings. The first kappa shape index (κ1) is 13.5. The van der Waals surface area contributed by atoms with Crippen molar-refractivity contribution in [1.82, 2.24) is 15.4 Å². The predicted molar refractivity (Wildman–Crippen MR) is 82.3 cm³/mol. The number of nitrogens with one attached hydrogen (secondary N) is 1. The van der Waals surface area contributed by atoms with Crippen molar-refractivity contribution < 1.29 is 4.79 Å². The number of carbonyl (C=O) groups excluding carboxylic acids is 1. The molecule has 1 aromatic carbocycles. The minimum atomic E-state index is -0.160. The molecule has 1 N–H and O–H groups in total. The summed E-state index contributed by atoms with van der Waals surface area (Å²) in [7, 11) is 0. The standard InChI is InChI=1S/C17H17N3O/c21-17(16-8-4-5-11-18-16)19-20-12-9-15(10-13-20)14-6-2-1-3-7-14/h1-9,11H,10,12-13H2,(H,19,21). The summed E-state index contributed by atoms with van der Waals surface area (Å²) in [5.41, 5.74) is 5.92. The summed E-state index contributed by atoms with van der Waals surface area (Å²) < 4.78 is 0.